The Morgan fingerprint density at radius 1 is 1.33 bits per heavy atom. The number of carbonyl (C=O) groups excluding carboxylic acids is 2. The maximum Gasteiger partial charge on any atom is 0.342 e. The number of sulfonamides is 1. The molecule has 0 atom stereocenters. The first-order valence-corrected chi connectivity index (χ1v) is 7.93. The normalized spacial score (nSPS) is 15.9. The van der Waals surface area contributed by atoms with Crippen LogP contribution in [0.25, 0.3) is 0 Å². The molecule has 8 nitrogen and oxygen atoms in total. The lowest BCUT2D eigenvalue weighted by molar-refractivity contribution is -0.126. The summed E-state index contributed by atoms with van der Waals surface area (Å²) in [6.45, 7) is 1.51. The molecule has 1 saturated heterocycles. The van der Waals surface area contributed by atoms with Crippen LogP contribution in [-0.4, -0.2) is 44.6 Å². The standard InChI is InChI=1S/C12H16N4O4S/c1-3-21(19,20)14-9-5-4-6-10(7-9)16-8-11(17)15(2)12(18)13-16/h4-7,14H,3,8H2,1-2H3,(H,13,18). The van der Waals surface area contributed by atoms with Crippen molar-refractivity contribution in [2.75, 3.05) is 29.1 Å². The summed E-state index contributed by atoms with van der Waals surface area (Å²) in [4.78, 5) is 24.2. The average molecular weight is 312 g/mol. The Kier molecular flexibility index (Phi) is 4.03. The highest BCUT2D eigenvalue weighted by Gasteiger charge is 2.27. The third-order valence-electron chi connectivity index (χ3n) is 3.01. The molecule has 114 valence electrons. The van der Waals surface area contributed by atoms with E-state index in [-0.39, 0.29) is 18.2 Å². The summed E-state index contributed by atoms with van der Waals surface area (Å²) in [7, 11) is -1.99. The van der Waals surface area contributed by atoms with Gasteiger partial charge in [0.25, 0.3) is 5.91 Å². The minimum Gasteiger partial charge on any atom is -0.283 e. The van der Waals surface area contributed by atoms with Crippen LogP contribution in [0.3, 0.4) is 0 Å². The Morgan fingerprint density at radius 3 is 2.67 bits per heavy atom. The molecule has 0 radical (unpaired) electrons. The number of benzene rings is 1. The zero-order chi connectivity index (χ0) is 15.6. The molecule has 1 aliphatic rings. The number of likely N-dealkylation sites (N-methyl/N-ethyl adjacent to an activating group) is 1. The van der Waals surface area contributed by atoms with Crippen LogP contribution in [-0.2, 0) is 14.8 Å². The summed E-state index contributed by atoms with van der Waals surface area (Å²) >= 11 is 0. The lowest BCUT2D eigenvalue weighted by Gasteiger charge is -2.33. The van der Waals surface area contributed by atoms with Gasteiger partial charge in [0.2, 0.25) is 10.0 Å². The molecule has 0 spiro atoms. The van der Waals surface area contributed by atoms with Gasteiger partial charge in [-0.3, -0.25) is 19.4 Å². The molecule has 21 heavy (non-hydrogen) atoms. The smallest absolute Gasteiger partial charge is 0.283 e. The second-order valence-corrected chi connectivity index (χ2v) is 6.52. The number of nitrogens with zero attached hydrogens (tertiary/aromatic N) is 2. The second-order valence-electron chi connectivity index (χ2n) is 4.51. The molecule has 0 aliphatic carbocycles. The topological polar surface area (TPSA) is 98.8 Å². The van der Waals surface area contributed by atoms with Crippen LogP contribution in [0.15, 0.2) is 24.3 Å². The van der Waals surface area contributed by atoms with Crippen molar-refractivity contribution >= 4 is 33.3 Å². The molecule has 1 fully saturated rings. The number of urea groups is 1. The highest BCUT2D eigenvalue weighted by atomic mass is 32.2. The number of hydrogen-bond acceptors (Lipinski definition) is 5. The van der Waals surface area contributed by atoms with E-state index in [0.29, 0.717) is 11.4 Å². The van der Waals surface area contributed by atoms with Gasteiger partial charge < -0.3 is 0 Å². The minimum atomic E-state index is -3.38. The third-order valence-corrected chi connectivity index (χ3v) is 4.32. The average Bonchev–Trinajstić information content (AvgIpc) is 2.44. The van der Waals surface area contributed by atoms with Crippen molar-refractivity contribution < 1.29 is 18.0 Å². The number of hydrazine groups is 1. The monoisotopic (exact) mass is 312 g/mol. The maximum atomic E-state index is 11.7. The summed E-state index contributed by atoms with van der Waals surface area (Å²) in [5.74, 6) is -0.390. The molecule has 0 saturated carbocycles. The van der Waals surface area contributed by atoms with E-state index in [0.717, 1.165) is 4.90 Å². The second kappa shape index (κ2) is 5.60. The SMILES string of the molecule is CCS(=O)(=O)Nc1cccc(N2CC(=O)N(C)C(=O)N2)c1. The van der Waals surface area contributed by atoms with Gasteiger partial charge in [-0.1, -0.05) is 6.07 Å². The zero-order valence-electron chi connectivity index (χ0n) is 11.7. The van der Waals surface area contributed by atoms with Gasteiger partial charge in [-0.05, 0) is 25.1 Å². The van der Waals surface area contributed by atoms with Crippen molar-refractivity contribution in [1.29, 1.82) is 0 Å². The zero-order valence-corrected chi connectivity index (χ0v) is 12.5. The fourth-order valence-electron chi connectivity index (χ4n) is 1.73. The Labute approximate surface area is 122 Å². The van der Waals surface area contributed by atoms with Gasteiger partial charge in [0.05, 0.1) is 17.1 Å². The van der Waals surface area contributed by atoms with E-state index in [4.69, 9.17) is 0 Å². The van der Waals surface area contributed by atoms with Crippen LogP contribution in [0.1, 0.15) is 6.92 Å². The van der Waals surface area contributed by atoms with Crippen molar-refractivity contribution in [2.45, 2.75) is 6.92 Å². The highest BCUT2D eigenvalue weighted by Crippen LogP contribution is 2.20. The Bertz CT molecular complexity index is 656. The summed E-state index contributed by atoms with van der Waals surface area (Å²) < 4.78 is 25.5. The minimum absolute atomic E-state index is 0.0216. The first-order valence-electron chi connectivity index (χ1n) is 6.27. The molecule has 2 rings (SSSR count). The fraction of sp³-hybridized carbons (Fsp3) is 0.333. The molecule has 0 aromatic heterocycles. The van der Waals surface area contributed by atoms with E-state index in [9.17, 15) is 18.0 Å². The molecule has 2 N–H and O–H groups in total. The summed E-state index contributed by atoms with van der Waals surface area (Å²) in [5.41, 5.74) is 3.42. The van der Waals surface area contributed by atoms with Crippen molar-refractivity contribution in [2.24, 2.45) is 0 Å². The third kappa shape index (κ3) is 3.43. The van der Waals surface area contributed by atoms with Crippen LogP contribution in [0.4, 0.5) is 16.2 Å². The van der Waals surface area contributed by atoms with Crippen LogP contribution in [0, 0.1) is 0 Å². The number of amides is 3. The molecule has 0 unspecified atom stereocenters. The Hall–Kier alpha value is -2.29. The van der Waals surface area contributed by atoms with E-state index in [2.05, 4.69) is 10.1 Å². The van der Waals surface area contributed by atoms with E-state index in [1.165, 1.54) is 19.0 Å². The lowest BCUT2D eigenvalue weighted by atomic mass is 10.2. The Balaban J connectivity index is 2.22. The predicted octanol–water partition coefficient (Wildman–Crippen LogP) is 0.351. The van der Waals surface area contributed by atoms with Gasteiger partial charge in [0.15, 0.2) is 0 Å². The van der Waals surface area contributed by atoms with Gasteiger partial charge >= 0.3 is 6.03 Å². The van der Waals surface area contributed by atoms with E-state index in [1.54, 1.807) is 24.3 Å². The highest BCUT2D eigenvalue weighted by molar-refractivity contribution is 7.92. The van der Waals surface area contributed by atoms with Crippen molar-refractivity contribution in [3.05, 3.63) is 24.3 Å². The molecular weight excluding hydrogens is 296 g/mol. The quantitative estimate of drug-likeness (QED) is 0.836. The molecule has 1 aromatic carbocycles. The fourth-order valence-corrected chi connectivity index (χ4v) is 2.36. The van der Waals surface area contributed by atoms with Crippen LogP contribution < -0.4 is 15.2 Å². The number of rotatable bonds is 4. The largest absolute Gasteiger partial charge is 0.342 e. The Morgan fingerprint density at radius 2 is 2.05 bits per heavy atom. The number of hydrogen-bond donors (Lipinski definition) is 2. The first-order chi connectivity index (χ1) is 9.82. The van der Waals surface area contributed by atoms with E-state index < -0.39 is 16.1 Å². The maximum absolute atomic E-state index is 11.7. The van der Waals surface area contributed by atoms with Gasteiger partial charge in [0.1, 0.15) is 6.54 Å². The molecule has 9 heteroatoms. The van der Waals surface area contributed by atoms with E-state index in [1.807, 2.05) is 0 Å². The summed E-state index contributed by atoms with van der Waals surface area (Å²) in [5, 5.41) is 1.37. The molecular formula is C12H16N4O4S. The van der Waals surface area contributed by atoms with Crippen LogP contribution in [0.2, 0.25) is 0 Å². The molecule has 1 heterocycles. The molecule has 0 bridgehead atoms. The van der Waals surface area contributed by atoms with Gasteiger partial charge in [-0.15, -0.1) is 0 Å². The van der Waals surface area contributed by atoms with Gasteiger partial charge in [-0.2, -0.15) is 0 Å². The first kappa shape index (κ1) is 15.1. The number of nitrogens with one attached hydrogen (secondary N) is 2. The van der Waals surface area contributed by atoms with E-state index >= 15 is 0 Å². The predicted molar refractivity (Wildman–Crippen MR) is 78.2 cm³/mol. The lowest BCUT2D eigenvalue weighted by Crippen LogP contribution is -2.59. The number of carbonyl (C=O) groups is 2. The summed E-state index contributed by atoms with van der Waals surface area (Å²) in [6, 6.07) is 5.91. The molecule has 3 amide bonds. The van der Waals surface area contributed by atoms with Crippen molar-refractivity contribution in [3.8, 4) is 0 Å². The van der Waals surface area contributed by atoms with Crippen LogP contribution in [0.5, 0.6) is 0 Å². The molecule has 1 aliphatic heterocycles. The van der Waals surface area contributed by atoms with Crippen molar-refractivity contribution in [1.82, 2.24) is 10.3 Å². The summed E-state index contributed by atoms with van der Waals surface area (Å²) in [6.07, 6.45) is 0. The number of imide groups is 1. The van der Waals surface area contributed by atoms with Gasteiger partial charge in [-0.25, -0.2) is 18.6 Å². The molecule has 1 aromatic rings. The van der Waals surface area contributed by atoms with Crippen molar-refractivity contribution in [3.63, 3.8) is 0 Å². The van der Waals surface area contributed by atoms with Crippen LogP contribution >= 0.6 is 0 Å². The van der Waals surface area contributed by atoms with Gasteiger partial charge in [0, 0.05) is 7.05 Å². The number of anilines is 2.